The van der Waals surface area contributed by atoms with Crippen LogP contribution in [0.5, 0.6) is 5.75 Å². The molecular formula is C28H31N3O6S. The van der Waals surface area contributed by atoms with Crippen molar-refractivity contribution in [1.82, 2.24) is 9.29 Å². The largest absolute Gasteiger partial charge is 0.467 e. The number of fused-ring (bicyclic) bond motifs is 1. The van der Waals surface area contributed by atoms with Crippen molar-refractivity contribution >= 4 is 22.5 Å². The zero-order chi connectivity index (χ0) is 26.3. The van der Waals surface area contributed by atoms with E-state index >= 15 is 0 Å². The van der Waals surface area contributed by atoms with E-state index in [1.165, 1.54) is 0 Å². The van der Waals surface area contributed by atoms with Crippen molar-refractivity contribution in [3.63, 3.8) is 0 Å². The van der Waals surface area contributed by atoms with Gasteiger partial charge in [-0.1, -0.05) is 30.3 Å². The lowest BCUT2D eigenvalue weighted by Gasteiger charge is -2.43. The van der Waals surface area contributed by atoms with Crippen LogP contribution in [0, 0.1) is 0 Å². The summed E-state index contributed by atoms with van der Waals surface area (Å²) in [6.07, 6.45) is 3.08. The number of pyridine rings is 1. The number of aliphatic hydroxyl groups is 1. The fourth-order valence-electron chi connectivity index (χ4n) is 5.31. The van der Waals surface area contributed by atoms with Crippen LogP contribution in [0.2, 0.25) is 0 Å². The van der Waals surface area contributed by atoms with Gasteiger partial charge in [0.05, 0.1) is 35.3 Å². The predicted molar refractivity (Wildman–Crippen MR) is 144 cm³/mol. The summed E-state index contributed by atoms with van der Waals surface area (Å²) in [7, 11) is -3.18. The summed E-state index contributed by atoms with van der Waals surface area (Å²) in [5.74, 6) is 1.13. The molecule has 38 heavy (non-hydrogen) atoms. The molecule has 3 heterocycles. The second kappa shape index (κ2) is 9.96. The number of aliphatic hydroxyl groups excluding tert-OH is 1. The van der Waals surface area contributed by atoms with E-state index in [0.29, 0.717) is 29.6 Å². The maximum Gasteiger partial charge on any atom is 0.236 e. The van der Waals surface area contributed by atoms with Crippen molar-refractivity contribution in [2.45, 2.75) is 48.6 Å². The lowest BCUT2D eigenvalue weighted by Crippen LogP contribution is -2.34. The molecule has 6 rings (SSSR count). The standard InChI is InChI=1S/C28H31N3O6S/c32-16-22-3-2-14-31(22)38(34,35)23-10-7-19(8-11-23)24-4-1-5-26(29-24)30-27(33)28(12-13-28)21-9-6-20-17-36-18-37-25(20)15-21/h1,4-11,15,22,32,34-35H,2-3,12-14,16-18H2,(H,29,30,33)/t22-/m1/s1. The van der Waals surface area contributed by atoms with E-state index < -0.39 is 16.2 Å². The first-order valence-corrected chi connectivity index (χ1v) is 14.3. The van der Waals surface area contributed by atoms with Crippen LogP contribution in [0.4, 0.5) is 5.82 Å². The Bertz CT molecular complexity index is 1340. The van der Waals surface area contributed by atoms with Crippen LogP contribution in [-0.4, -0.2) is 55.4 Å². The molecule has 0 unspecified atom stereocenters. The molecule has 0 radical (unpaired) electrons. The fraction of sp³-hybridized carbons (Fsp3) is 0.357. The third kappa shape index (κ3) is 4.57. The van der Waals surface area contributed by atoms with Crippen LogP contribution in [0.1, 0.15) is 36.8 Å². The topological polar surface area (TPSA) is 124 Å². The number of hydrogen-bond donors (Lipinski definition) is 4. The first-order chi connectivity index (χ1) is 18.4. The third-order valence-electron chi connectivity index (χ3n) is 7.68. The highest BCUT2D eigenvalue weighted by Gasteiger charge is 2.51. The number of carbonyl (C=O) groups is 1. The third-order valence-corrected chi connectivity index (χ3v) is 9.72. The van der Waals surface area contributed by atoms with Gasteiger partial charge in [-0.3, -0.25) is 13.9 Å². The van der Waals surface area contributed by atoms with Crippen molar-refractivity contribution in [3.05, 3.63) is 71.8 Å². The molecule has 200 valence electrons. The summed E-state index contributed by atoms with van der Waals surface area (Å²) in [5, 5.41) is 12.6. The minimum Gasteiger partial charge on any atom is -0.467 e. The number of hydrogen-bond acceptors (Lipinski definition) is 8. The summed E-state index contributed by atoms with van der Waals surface area (Å²) in [6.45, 7) is 1.15. The molecular weight excluding hydrogens is 506 g/mol. The van der Waals surface area contributed by atoms with Gasteiger partial charge in [0, 0.05) is 17.7 Å². The number of carbonyl (C=O) groups excluding carboxylic acids is 1. The first kappa shape index (κ1) is 25.3. The molecule has 4 N–H and O–H groups in total. The van der Waals surface area contributed by atoms with Crippen molar-refractivity contribution in [2.24, 2.45) is 0 Å². The Balaban J connectivity index is 1.18. The molecule has 1 saturated heterocycles. The summed E-state index contributed by atoms with van der Waals surface area (Å²) in [5.41, 5.74) is 2.77. The zero-order valence-electron chi connectivity index (χ0n) is 20.9. The molecule has 3 aliphatic rings. The van der Waals surface area contributed by atoms with Gasteiger partial charge in [0.2, 0.25) is 5.91 Å². The van der Waals surface area contributed by atoms with Gasteiger partial charge in [-0.15, -0.1) is 10.8 Å². The molecule has 0 spiro atoms. The number of rotatable bonds is 7. The molecule has 10 heteroatoms. The van der Waals surface area contributed by atoms with Gasteiger partial charge < -0.3 is 19.9 Å². The van der Waals surface area contributed by atoms with Gasteiger partial charge in [-0.25, -0.2) is 4.98 Å². The molecule has 0 bridgehead atoms. The average Bonchev–Trinajstić information content (AvgIpc) is 3.62. The number of nitrogens with zero attached hydrogens (tertiary/aromatic N) is 2. The molecule has 1 saturated carbocycles. The highest BCUT2D eigenvalue weighted by atomic mass is 32.3. The second-order valence-corrected chi connectivity index (χ2v) is 12.0. The maximum atomic E-state index is 13.4. The zero-order valence-corrected chi connectivity index (χ0v) is 21.7. The van der Waals surface area contributed by atoms with Crippen LogP contribution in [0.25, 0.3) is 11.3 Å². The predicted octanol–water partition coefficient (Wildman–Crippen LogP) is 4.77. The van der Waals surface area contributed by atoms with E-state index in [1.54, 1.807) is 34.6 Å². The second-order valence-electron chi connectivity index (χ2n) is 10.0. The molecule has 3 aromatic rings. The van der Waals surface area contributed by atoms with Crippen LogP contribution in [0.3, 0.4) is 0 Å². The van der Waals surface area contributed by atoms with Gasteiger partial charge in [0.1, 0.15) is 11.6 Å². The van der Waals surface area contributed by atoms with Gasteiger partial charge in [-0.05, 0) is 61.6 Å². The number of aromatic nitrogens is 1. The fourth-order valence-corrected chi connectivity index (χ4v) is 7.05. The normalized spacial score (nSPS) is 20.9. The van der Waals surface area contributed by atoms with Crippen LogP contribution >= 0.6 is 10.8 Å². The molecule has 2 aromatic carbocycles. The van der Waals surface area contributed by atoms with E-state index in [4.69, 9.17) is 9.47 Å². The number of ether oxygens (including phenoxy) is 2. The van der Waals surface area contributed by atoms with Gasteiger partial charge >= 0.3 is 0 Å². The number of benzene rings is 2. The van der Waals surface area contributed by atoms with Crippen molar-refractivity contribution in [2.75, 3.05) is 25.3 Å². The monoisotopic (exact) mass is 537 g/mol. The minimum absolute atomic E-state index is 0.0949. The maximum absolute atomic E-state index is 13.4. The highest BCUT2D eigenvalue weighted by Crippen LogP contribution is 2.55. The van der Waals surface area contributed by atoms with Crippen molar-refractivity contribution in [3.8, 4) is 17.0 Å². The highest BCUT2D eigenvalue weighted by molar-refractivity contribution is 8.22. The van der Waals surface area contributed by atoms with Gasteiger partial charge in [-0.2, -0.15) is 4.31 Å². The summed E-state index contributed by atoms with van der Waals surface area (Å²) in [6, 6.07) is 18.0. The van der Waals surface area contributed by atoms with E-state index in [-0.39, 0.29) is 25.3 Å². The number of anilines is 1. The summed E-state index contributed by atoms with van der Waals surface area (Å²) in [4.78, 5) is 18.4. The first-order valence-electron chi connectivity index (χ1n) is 12.8. The SMILES string of the molecule is O=C(Nc1cccc(-c2ccc(S(O)(O)N3CCC[C@@H]3CO)cc2)n1)C1(c2ccc3c(c2)OCOC3)CC1. The Morgan fingerprint density at radius 1 is 1.13 bits per heavy atom. The quantitative estimate of drug-likeness (QED) is 0.340. The Morgan fingerprint density at radius 2 is 1.95 bits per heavy atom. The average molecular weight is 538 g/mol. The summed E-state index contributed by atoms with van der Waals surface area (Å²) >= 11 is 0. The van der Waals surface area contributed by atoms with E-state index in [9.17, 15) is 19.0 Å². The van der Waals surface area contributed by atoms with Crippen LogP contribution < -0.4 is 10.1 Å². The molecule has 2 aliphatic heterocycles. The van der Waals surface area contributed by atoms with E-state index in [0.717, 1.165) is 48.1 Å². The smallest absolute Gasteiger partial charge is 0.236 e. The molecule has 1 aromatic heterocycles. The molecule has 9 nitrogen and oxygen atoms in total. The van der Waals surface area contributed by atoms with E-state index in [2.05, 4.69) is 10.3 Å². The number of nitrogens with one attached hydrogen (secondary N) is 1. The molecule has 1 atom stereocenters. The van der Waals surface area contributed by atoms with Crippen LogP contribution in [-0.2, 0) is 21.6 Å². The Hall–Kier alpha value is -2.99. The van der Waals surface area contributed by atoms with Crippen molar-refractivity contribution < 1.29 is 28.5 Å². The Morgan fingerprint density at radius 3 is 2.71 bits per heavy atom. The Kier molecular flexibility index (Phi) is 6.63. The molecule has 2 fully saturated rings. The van der Waals surface area contributed by atoms with Crippen molar-refractivity contribution in [1.29, 1.82) is 0 Å². The summed E-state index contributed by atoms with van der Waals surface area (Å²) < 4.78 is 34.4. The molecule has 1 amide bonds. The van der Waals surface area contributed by atoms with Gasteiger partial charge in [0.25, 0.3) is 0 Å². The van der Waals surface area contributed by atoms with Crippen LogP contribution in [0.15, 0.2) is 65.6 Å². The number of amides is 1. The minimum atomic E-state index is -3.18. The van der Waals surface area contributed by atoms with Gasteiger partial charge in [0.15, 0.2) is 6.79 Å². The molecule has 1 aliphatic carbocycles. The van der Waals surface area contributed by atoms with E-state index in [1.807, 2.05) is 30.3 Å². The lowest BCUT2D eigenvalue weighted by atomic mass is 9.93. The Labute approximate surface area is 222 Å². The lowest BCUT2D eigenvalue weighted by molar-refractivity contribution is -0.118.